The van der Waals surface area contributed by atoms with E-state index < -0.39 is 28.6 Å². The molecule has 0 aromatic heterocycles. The van der Waals surface area contributed by atoms with Gasteiger partial charge in [0.05, 0.1) is 16.6 Å². The molecular formula is C24H23NO6S. The molecule has 1 aliphatic carbocycles. The average molecular weight is 454 g/mol. The Hall–Kier alpha value is -3.52. The van der Waals surface area contributed by atoms with Crippen LogP contribution >= 0.6 is 0 Å². The molecule has 1 aliphatic rings. The van der Waals surface area contributed by atoms with E-state index in [4.69, 9.17) is 9.84 Å². The summed E-state index contributed by atoms with van der Waals surface area (Å²) in [6.45, 7) is -0.473. The molecule has 1 atom stereocenters. The molecule has 0 saturated carbocycles. The Labute approximate surface area is 186 Å². The Bertz CT molecular complexity index is 1230. The fourth-order valence-electron chi connectivity index (χ4n) is 4.13. The van der Waals surface area contributed by atoms with Crippen molar-refractivity contribution < 1.29 is 28.2 Å². The minimum Gasteiger partial charge on any atom is -0.508 e. The van der Waals surface area contributed by atoms with Crippen LogP contribution in [-0.4, -0.2) is 31.2 Å². The summed E-state index contributed by atoms with van der Waals surface area (Å²) in [5, 5.41) is 19.1. The first-order valence-electron chi connectivity index (χ1n) is 10.2. The Morgan fingerprint density at radius 3 is 2.50 bits per heavy atom. The molecule has 0 fully saturated rings. The van der Waals surface area contributed by atoms with E-state index in [0.717, 1.165) is 11.1 Å². The van der Waals surface area contributed by atoms with E-state index >= 15 is 0 Å². The minimum absolute atomic E-state index is 0.0367. The van der Waals surface area contributed by atoms with Crippen molar-refractivity contribution >= 4 is 21.7 Å². The van der Waals surface area contributed by atoms with Gasteiger partial charge in [-0.2, -0.15) is 0 Å². The summed E-state index contributed by atoms with van der Waals surface area (Å²) < 4.78 is 34.4. The molecule has 0 heterocycles. The molecule has 0 amide bonds. The highest BCUT2D eigenvalue weighted by Gasteiger charge is 2.36. The minimum atomic E-state index is -3.96. The highest BCUT2D eigenvalue weighted by molar-refractivity contribution is 7.92. The lowest BCUT2D eigenvalue weighted by atomic mass is 9.87. The quantitative estimate of drug-likeness (QED) is 0.558. The van der Waals surface area contributed by atoms with Crippen molar-refractivity contribution in [3.63, 3.8) is 0 Å². The number of carbonyl (C=O) groups is 1. The third-order valence-corrected chi connectivity index (χ3v) is 7.30. The van der Waals surface area contributed by atoms with Crippen LogP contribution in [0.3, 0.4) is 0 Å². The smallest absolute Gasteiger partial charge is 0.341 e. The second-order valence-electron chi connectivity index (χ2n) is 7.55. The number of fused-ring (bicyclic) bond motifs is 1. The molecule has 8 heteroatoms. The van der Waals surface area contributed by atoms with Gasteiger partial charge in [0.2, 0.25) is 0 Å². The van der Waals surface area contributed by atoms with Gasteiger partial charge in [-0.1, -0.05) is 36.4 Å². The van der Waals surface area contributed by atoms with Gasteiger partial charge >= 0.3 is 5.97 Å². The summed E-state index contributed by atoms with van der Waals surface area (Å²) in [6.07, 6.45) is 1.92. The van der Waals surface area contributed by atoms with E-state index in [1.54, 1.807) is 54.6 Å². The number of nitrogens with zero attached hydrogens (tertiary/aromatic N) is 1. The highest BCUT2D eigenvalue weighted by atomic mass is 32.2. The Morgan fingerprint density at radius 1 is 1.03 bits per heavy atom. The van der Waals surface area contributed by atoms with Crippen molar-refractivity contribution in [3.05, 3.63) is 83.9 Å². The summed E-state index contributed by atoms with van der Waals surface area (Å²) in [7, 11) is -3.96. The lowest BCUT2D eigenvalue weighted by molar-refractivity contribution is -0.139. The monoisotopic (exact) mass is 453 g/mol. The van der Waals surface area contributed by atoms with Crippen LogP contribution in [0.1, 0.15) is 30.0 Å². The number of ether oxygens (including phenoxy) is 1. The predicted molar refractivity (Wildman–Crippen MR) is 119 cm³/mol. The lowest BCUT2D eigenvalue weighted by Crippen LogP contribution is -2.37. The first kappa shape index (κ1) is 21.7. The predicted octanol–water partition coefficient (Wildman–Crippen LogP) is 4.13. The number of phenols is 1. The second kappa shape index (κ2) is 8.92. The normalized spacial score (nSPS) is 15.6. The Kier molecular flexibility index (Phi) is 6.05. The summed E-state index contributed by atoms with van der Waals surface area (Å²) >= 11 is 0. The number of sulfonamides is 1. The topological polar surface area (TPSA) is 104 Å². The van der Waals surface area contributed by atoms with Crippen molar-refractivity contribution in [2.24, 2.45) is 0 Å². The van der Waals surface area contributed by atoms with Gasteiger partial charge in [-0.25, -0.2) is 13.2 Å². The van der Waals surface area contributed by atoms with Crippen LogP contribution in [0.25, 0.3) is 0 Å². The summed E-state index contributed by atoms with van der Waals surface area (Å²) in [6, 6.07) is 19.1. The van der Waals surface area contributed by atoms with Gasteiger partial charge in [-0.05, 0) is 60.7 Å². The van der Waals surface area contributed by atoms with Crippen molar-refractivity contribution in [1.29, 1.82) is 0 Å². The number of benzene rings is 3. The molecule has 0 aliphatic heterocycles. The van der Waals surface area contributed by atoms with Gasteiger partial charge in [0.1, 0.15) is 11.5 Å². The van der Waals surface area contributed by atoms with Gasteiger partial charge in [-0.15, -0.1) is 0 Å². The first-order valence-corrected chi connectivity index (χ1v) is 11.7. The van der Waals surface area contributed by atoms with Gasteiger partial charge < -0.3 is 14.9 Å². The van der Waals surface area contributed by atoms with Crippen molar-refractivity contribution in [1.82, 2.24) is 0 Å². The third kappa shape index (κ3) is 4.27. The Balaban J connectivity index is 1.85. The third-order valence-electron chi connectivity index (χ3n) is 5.45. The number of phenolic OH excluding ortho intramolecular Hbond substituents is 1. The molecule has 32 heavy (non-hydrogen) atoms. The van der Waals surface area contributed by atoms with Crippen molar-refractivity contribution in [2.45, 2.75) is 30.2 Å². The van der Waals surface area contributed by atoms with E-state index in [-0.39, 0.29) is 10.6 Å². The molecule has 0 bridgehead atoms. The van der Waals surface area contributed by atoms with Crippen molar-refractivity contribution in [3.8, 4) is 11.5 Å². The molecule has 0 spiro atoms. The fourth-order valence-corrected chi connectivity index (χ4v) is 5.80. The lowest BCUT2D eigenvalue weighted by Gasteiger charge is -2.37. The second-order valence-corrected chi connectivity index (χ2v) is 9.36. The number of carboxylic acid groups (broad SMARTS) is 1. The number of aromatic hydroxyl groups is 1. The number of aliphatic carboxylic acids is 1. The van der Waals surface area contributed by atoms with Crippen LogP contribution in [0.5, 0.6) is 11.5 Å². The number of rotatable bonds is 7. The van der Waals surface area contributed by atoms with Crippen LogP contribution in [0.2, 0.25) is 0 Å². The summed E-state index contributed by atoms with van der Waals surface area (Å²) in [5.74, 6) is -0.670. The number of hydrogen-bond acceptors (Lipinski definition) is 5. The zero-order valence-electron chi connectivity index (χ0n) is 17.2. The maximum atomic E-state index is 13.8. The Morgan fingerprint density at radius 2 is 1.78 bits per heavy atom. The zero-order chi connectivity index (χ0) is 22.7. The molecule has 2 N–H and O–H groups in total. The average Bonchev–Trinajstić information content (AvgIpc) is 2.78. The van der Waals surface area contributed by atoms with Crippen LogP contribution in [0, 0.1) is 0 Å². The summed E-state index contributed by atoms with van der Waals surface area (Å²) in [4.78, 5) is 11.1. The summed E-state index contributed by atoms with van der Waals surface area (Å²) in [5.41, 5.74) is 1.92. The molecule has 3 aromatic carbocycles. The van der Waals surface area contributed by atoms with E-state index in [9.17, 15) is 18.3 Å². The number of hydrogen-bond donors (Lipinski definition) is 2. The van der Waals surface area contributed by atoms with E-state index in [1.807, 2.05) is 6.07 Å². The van der Waals surface area contributed by atoms with Gasteiger partial charge in [0.15, 0.2) is 6.61 Å². The van der Waals surface area contributed by atoms with Crippen LogP contribution in [0.4, 0.5) is 5.69 Å². The van der Waals surface area contributed by atoms with E-state index in [2.05, 4.69) is 0 Å². The van der Waals surface area contributed by atoms with Gasteiger partial charge in [-0.3, -0.25) is 4.31 Å². The molecule has 7 nitrogen and oxygen atoms in total. The maximum absolute atomic E-state index is 13.8. The molecule has 166 valence electrons. The van der Waals surface area contributed by atoms with Crippen molar-refractivity contribution in [2.75, 3.05) is 10.9 Å². The highest BCUT2D eigenvalue weighted by Crippen LogP contribution is 2.43. The van der Waals surface area contributed by atoms with Crippen LogP contribution in [-0.2, 0) is 21.2 Å². The molecule has 0 radical (unpaired) electrons. The zero-order valence-corrected chi connectivity index (χ0v) is 18.0. The molecule has 3 aromatic rings. The SMILES string of the molecule is O=C(O)COc1cccc2c1CCCC2N(c1cccc(O)c1)S(=O)(=O)c1ccccc1. The van der Waals surface area contributed by atoms with Crippen LogP contribution < -0.4 is 9.04 Å². The van der Waals surface area contributed by atoms with E-state index in [1.165, 1.54) is 16.4 Å². The fraction of sp³-hybridized carbons (Fsp3) is 0.208. The van der Waals surface area contributed by atoms with Crippen LogP contribution in [0.15, 0.2) is 77.7 Å². The first-order chi connectivity index (χ1) is 15.4. The maximum Gasteiger partial charge on any atom is 0.341 e. The molecular weight excluding hydrogens is 430 g/mol. The van der Waals surface area contributed by atoms with Gasteiger partial charge in [0, 0.05) is 6.07 Å². The standard InChI is InChI=1S/C24H23NO6S/c26-18-8-4-7-17(15-18)25(32(29,30)19-9-2-1-3-10-19)22-13-5-12-21-20(22)11-6-14-23(21)31-16-24(27)28/h1-4,6-11,14-15,22,26H,5,12-13,16H2,(H,27,28). The molecule has 4 rings (SSSR count). The van der Waals surface area contributed by atoms with E-state index in [0.29, 0.717) is 30.7 Å². The number of carboxylic acids is 1. The molecule has 0 saturated heterocycles. The van der Waals surface area contributed by atoms with Gasteiger partial charge in [0.25, 0.3) is 10.0 Å². The number of anilines is 1. The largest absolute Gasteiger partial charge is 0.508 e. The molecule has 1 unspecified atom stereocenters.